The summed E-state index contributed by atoms with van der Waals surface area (Å²) in [4.78, 5) is 12.8. The standard InChI is InChI=1S/C16H20F2N2O/c1-15(2,18)16(3)10-19-8-7-13(20(19)14(16)21)11-5-4-6-12(17)9-11/h4-6,9,13H,7-8,10H2,1-3H3/t13-,16+/m0/s1. The zero-order valence-corrected chi connectivity index (χ0v) is 12.6. The van der Waals surface area contributed by atoms with Crippen molar-refractivity contribution >= 4 is 5.91 Å². The molecule has 0 radical (unpaired) electrons. The lowest BCUT2D eigenvalue weighted by atomic mass is 9.76. The van der Waals surface area contributed by atoms with Gasteiger partial charge in [-0.1, -0.05) is 12.1 Å². The predicted octanol–water partition coefficient (Wildman–Crippen LogP) is 3.08. The van der Waals surface area contributed by atoms with E-state index in [0.29, 0.717) is 13.1 Å². The third-order valence-corrected chi connectivity index (χ3v) is 4.98. The Labute approximate surface area is 123 Å². The minimum absolute atomic E-state index is 0.197. The lowest BCUT2D eigenvalue weighted by Crippen LogP contribution is -2.46. The first-order valence-corrected chi connectivity index (χ1v) is 7.27. The molecule has 2 heterocycles. The number of alkyl halides is 1. The van der Waals surface area contributed by atoms with Crippen LogP contribution in [0.3, 0.4) is 0 Å². The van der Waals surface area contributed by atoms with E-state index >= 15 is 0 Å². The molecule has 1 aromatic carbocycles. The summed E-state index contributed by atoms with van der Waals surface area (Å²) in [5, 5.41) is 3.54. The molecule has 1 aromatic rings. The topological polar surface area (TPSA) is 23.6 Å². The number of benzene rings is 1. The van der Waals surface area contributed by atoms with Crippen LogP contribution in [0.5, 0.6) is 0 Å². The van der Waals surface area contributed by atoms with Crippen LogP contribution >= 0.6 is 0 Å². The molecule has 2 aliphatic rings. The first kappa shape index (κ1) is 14.4. The molecule has 0 bridgehead atoms. The fourth-order valence-electron chi connectivity index (χ4n) is 3.27. The zero-order chi connectivity index (χ0) is 15.4. The van der Waals surface area contributed by atoms with Gasteiger partial charge in [0.2, 0.25) is 5.91 Å². The van der Waals surface area contributed by atoms with Crippen molar-refractivity contribution in [3.63, 3.8) is 0 Å². The Bertz CT molecular complexity index is 584. The molecule has 5 heteroatoms. The fourth-order valence-corrected chi connectivity index (χ4v) is 3.27. The molecule has 0 aliphatic carbocycles. The van der Waals surface area contributed by atoms with Crippen LogP contribution < -0.4 is 0 Å². The van der Waals surface area contributed by atoms with Crippen LogP contribution in [0.2, 0.25) is 0 Å². The normalized spacial score (nSPS) is 30.0. The Morgan fingerprint density at radius 2 is 2.10 bits per heavy atom. The molecule has 2 aliphatic heterocycles. The number of halogens is 2. The van der Waals surface area contributed by atoms with Gasteiger partial charge in [-0.25, -0.2) is 13.8 Å². The second-order valence-electron chi connectivity index (χ2n) is 6.70. The van der Waals surface area contributed by atoms with Crippen LogP contribution in [-0.2, 0) is 4.79 Å². The van der Waals surface area contributed by atoms with Crippen LogP contribution in [0.25, 0.3) is 0 Å². The van der Waals surface area contributed by atoms with Crippen molar-refractivity contribution in [2.75, 3.05) is 13.1 Å². The molecule has 1 amide bonds. The molecule has 0 unspecified atom stereocenters. The molecular weight excluding hydrogens is 274 g/mol. The quantitative estimate of drug-likeness (QED) is 0.837. The summed E-state index contributed by atoms with van der Waals surface area (Å²) in [6.07, 6.45) is 0.748. The summed E-state index contributed by atoms with van der Waals surface area (Å²) < 4.78 is 27.9. The highest BCUT2D eigenvalue weighted by molar-refractivity contribution is 5.86. The van der Waals surface area contributed by atoms with Gasteiger partial charge in [-0.15, -0.1) is 0 Å². The van der Waals surface area contributed by atoms with Crippen molar-refractivity contribution in [1.82, 2.24) is 10.0 Å². The highest BCUT2D eigenvalue weighted by Crippen LogP contribution is 2.48. The van der Waals surface area contributed by atoms with Crippen LogP contribution in [0.4, 0.5) is 8.78 Å². The lowest BCUT2D eigenvalue weighted by molar-refractivity contribution is -0.147. The molecule has 0 spiro atoms. The van der Waals surface area contributed by atoms with Gasteiger partial charge in [0.25, 0.3) is 0 Å². The first-order valence-electron chi connectivity index (χ1n) is 7.27. The van der Waals surface area contributed by atoms with Crippen LogP contribution in [0.1, 0.15) is 38.8 Å². The average Bonchev–Trinajstić information content (AvgIpc) is 2.89. The third-order valence-electron chi connectivity index (χ3n) is 4.98. The van der Waals surface area contributed by atoms with E-state index in [4.69, 9.17) is 0 Å². The van der Waals surface area contributed by atoms with Crippen molar-refractivity contribution in [2.45, 2.75) is 38.9 Å². The van der Waals surface area contributed by atoms with Crippen LogP contribution in [-0.4, -0.2) is 34.7 Å². The molecule has 3 nitrogen and oxygen atoms in total. The lowest BCUT2D eigenvalue weighted by Gasteiger charge is -2.33. The van der Waals surface area contributed by atoms with Gasteiger partial charge in [0.15, 0.2) is 0 Å². The van der Waals surface area contributed by atoms with E-state index in [1.807, 2.05) is 11.1 Å². The molecular formula is C16H20F2N2O. The highest BCUT2D eigenvalue weighted by Gasteiger charge is 2.59. The van der Waals surface area contributed by atoms with E-state index in [1.54, 1.807) is 18.0 Å². The number of carbonyl (C=O) groups excluding carboxylic acids is 1. The fraction of sp³-hybridized carbons (Fsp3) is 0.562. The zero-order valence-electron chi connectivity index (χ0n) is 12.6. The van der Waals surface area contributed by atoms with E-state index in [-0.39, 0.29) is 17.8 Å². The second-order valence-corrected chi connectivity index (χ2v) is 6.70. The van der Waals surface area contributed by atoms with Gasteiger partial charge in [-0.2, -0.15) is 0 Å². The minimum atomic E-state index is -1.60. The Kier molecular flexibility index (Phi) is 3.10. The third kappa shape index (κ3) is 2.06. The van der Waals surface area contributed by atoms with Gasteiger partial charge >= 0.3 is 0 Å². The molecule has 0 N–H and O–H groups in total. The summed E-state index contributed by atoms with van der Waals surface area (Å²) >= 11 is 0. The molecule has 114 valence electrons. The maximum Gasteiger partial charge on any atom is 0.247 e. The Hall–Kier alpha value is -1.49. The predicted molar refractivity (Wildman–Crippen MR) is 75.5 cm³/mol. The first-order chi connectivity index (χ1) is 9.74. The summed E-state index contributed by atoms with van der Waals surface area (Å²) in [5.41, 5.74) is -1.88. The molecule has 0 saturated carbocycles. The number of fused-ring (bicyclic) bond motifs is 1. The summed E-state index contributed by atoms with van der Waals surface area (Å²) in [5.74, 6) is -0.520. The molecule has 2 atom stereocenters. The SMILES string of the molecule is CC(C)(F)[C@]1(C)CN2CC[C@@H](c3cccc(F)c3)N2C1=O. The van der Waals surface area contributed by atoms with Gasteiger partial charge in [0, 0.05) is 13.1 Å². The number of hydrazine groups is 1. The smallest absolute Gasteiger partial charge is 0.247 e. The number of hydrogen-bond acceptors (Lipinski definition) is 2. The average molecular weight is 294 g/mol. The maximum atomic E-state index is 14.5. The molecule has 2 fully saturated rings. The monoisotopic (exact) mass is 294 g/mol. The second kappa shape index (κ2) is 4.50. The van der Waals surface area contributed by atoms with Crippen molar-refractivity contribution in [1.29, 1.82) is 0 Å². The van der Waals surface area contributed by atoms with E-state index in [9.17, 15) is 13.6 Å². The van der Waals surface area contributed by atoms with Crippen molar-refractivity contribution in [3.8, 4) is 0 Å². The Morgan fingerprint density at radius 1 is 1.38 bits per heavy atom. The van der Waals surface area contributed by atoms with Crippen molar-refractivity contribution in [2.24, 2.45) is 5.41 Å². The van der Waals surface area contributed by atoms with Crippen molar-refractivity contribution in [3.05, 3.63) is 35.6 Å². The summed E-state index contributed by atoms with van der Waals surface area (Å²) in [7, 11) is 0. The van der Waals surface area contributed by atoms with Gasteiger partial charge in [-0.3, -0.25) is 9.80 Å². The maximum absolute atomic E-state index is 14.5. The molecule has 21 heavy (non-hydrogen) atoms. The number of amides is 1. The number of rotatable bonds is 2. The van der Waals surface area contributed by atoms with Gasteiger partial charge in [0.1, 0.15) is 11.5 Å². The summed E-state index contributed by atoms with van der Waals surface area (Å²) in [6, 6.07) is 6.11. The molecule has 3 rings (SSSR count). The number of carbonyl (C=O) groups is 1. The highest BCUT2D eigenvalue weighted by atomic mass is 19.1. The van der Waals surface area contributed by atoms with Gasteiger partial charge in [0.05, 0.1) is 11.5 Å². The number of hydrogen-bond donors (Lipinski definition) is 0. The largest absolute Gasteiger partial charge is 0.273 e. The molecule has 2 saturated heterocycles. The minimum Gasteiger partial charge on any atom is -0.273 e. The van der Waals surface area contributed by atoms with Crippen molar-refractivity contribution < 1.29 is 13.6 Å². The van der Waals surface area contributed by atoms with Crippen LogP contribution in [0, 0.1) is 11.2 Å². The Balaban J connectivity index is 1.95. The van der Waals surface area contributed by atoms with E-state index in [2.05, 4.69) is 0 Å². The summed E-state index contributed by atoms with van der Waals surface area (Å²) in [6.45, 7) is 5.65. The number of nitrogens with zero attached hydrogens (tertiary/aromatic N) is 2. The van der Waals surface area contributed by atoms with E-state index < -0.39 is 11.1 Å². The van der Waals surface area contributed by atoms with Gasteiger partial charge < -0.3 is 0 Å². The van der Waals surface area contributed by atoms with E-state index in [1.165, 1.54) is 26.0 Å². The Morgan fingerprint density at radius 3 is 2.71 bits per heavy atom. The molecule has 0 aromatic heterocycles. The van der Waals surface area contributed by atoms with E-state index in [0.717, 1.165) is 12.0 Å². The van der Waals surface area contributed by atoms with Gasteiger partial charge in [-0.05, 0) is 44.9 Å². The van der Waals surface area contributed by atoms with Crippen LogP contribution in [0.15, 0.2) is 24.3 Å².